The van der Waals surface area contributed by atoms with Gasteiger partial charge in [-0.3, -0.25) is 4.79 Å². The molecular weight excluding hydrogens is 408 g/mol. The molecule has 1 aromatic heterocycles. The van der Waals surface area contributed by atoms with E-state index < -0.39 is 0 Å². The molecule has 2 aromatic rings. The first-order valence-electron chi connectivity index (χ1n) is 5.52. The Labute approximate surface area is 137 Å². The molecule has 7 heteroatoms. The number of thiophene rings is 1. The number of hydrazone groups is 1. The Hall–Kier alpha value is -1.18. The van der Waals surface area contributed by atoms with Gasteiger partial charge in [0, 0.05) is 9.35 Å². The Morgan fingerprint density at radius 2 is 2.15 bits per heavy atom. The summed E-state index contributed by atoms with van der Waals surface area (Å²) in [6.07, 6.45) is 1.60. The van der Waals surface area contributed by atoms with E-state index in [9.17, 15) is 4.79 Å². The van der Waals surface area contributed by atoms with E-state index in [1.807, 2.05) is 18.2 Å². The second-order valence-corrected chi connectivity index (χ2v) is 7.10. The number of nitrogens with zero attached hydrogens (tertiary/aromatic N) is 1. The number of amides is 1. The van der Waals surface area contributed by atoms with Crippen LogP contribution in [0.4, 0.5) is 0 Å². The van der Waals surface area contributed by atoms with E-state index in [0.29, 0.717) is 11.3 Å². The highest BCUT2D eigenvalue weighted by molar-refractivity contribution is 9.11. The standard InChI is InChI=1S/C13H10Br2N2O2S/c1-19-11-4-2-8(14)6-10(11)13(18)17-16-7-9-3-5-12(15)20-9/h2-7H,1H3,(H,17,18)/b16-7-. The zero-order valence-corrected chi connectivity index (χ0v) is 14.4. The van der Waals surface area contributed by atoms with Crippen molar-refractivity contribution in [2.45, 2.75) is 0 Å². The van der Waals surface area contributed by atoms with Crippen LogP contribution in [0.5, 0.6) is 5.75 Å². The molecule has 0 spiro atoms. The van der Waals surface area contributed by atoms with E-state index in [4.69, 9.17) is 4.74 Å². The lowest BCUT2D eigenvalue weighted by Gasteiger charge is -2.07. The molecule has 0 bridgehead atoms. The fraction of sp³-hybridized carbons (Fsp3) is 0.0769. The minimum absolute atomic E-state index is 0.324. The van der Waals surface area contributed by atoms with Crippen molar-refractivity contribution in [3.8, 4) is 5.75 Å². The second kappa shape index (κ2) is 7.01. The lowest BCUT2D eigenvalue weighted by molar-refractivity contribution is 0.0952. The molecule has 1 aromatic carbocycles. The first kappa shape index (κ1) is 15.2. The van der Waals surface area contributed by atoms with Gasteiger partial charge in [0.05, 0.1) is 22.7 Å². The Balaban J connectivity index is 2.08. The normalized spacial score (nSPS) is 10.8. The van der Waals surface area contributed by atoms with Gasteiger partial charge >= 0.3 is 0 Å². The summed E-state index contributed by atoms with van der Waals surface area (Å²) in [5.41, 5.74) is 2.90. The summed E-state index contributed by atoms with van der Waals surface area (Å²) in [6.45, 7) is 0. The molecule has 4 nitrogen and oxygen atoms in total. The van der Waals surface area contributed by atoms with Gasteiger partial charge in [-0.05, 0) is 46.3 Å². The van der Waals surface area contributed by atoms with Crippen molar-refractivity contribution in [3.63, 3.8) is 0 Å². The third kappa shape index (κ3) is 3.91. The van der Waals surface area contributed by atoms with Crippen LogP contribution >= 0.6 is 43.2 Å². The minimum atomic E-state index is -0.324. The quantitative estimate of drug-likeness (QED) is 0.602. The number of hydrogen-bond donors (Lipinski definition) is 1. The largest absolute Gasteiger partial charge is 0.496 e. The van der Waals surface area contributed by atoms with Gasteiger partial charge in [-0.2, -0.15) is 5.10 Å². The Kier molecular flexibility index (Phi) is 5.33. The summed E-state index contributed by atoms with van der Waals surface area (Å²) in [4.78, 5) is 13.0. The average Bonchev–Trinajstić information content (AvgIpc) is 2.84. The smallest absolute Gasteiger partial charge is 0.275 e. The molecule has 0 radical (unpaired) electrons. The lowest BCUT2D eigenvalue weighted by Crippen LogP contribution is -2.18. The predicted octanol–water partition coefficient (Wildman–Crippen LogP) is 4.05. The molecule has 0 unspecified atom stereocenters. The number of benzene rings is 1. The average molecular weight is 418 g/mol. The number of nitrogens with one attached hydrogen (secondary N) is 1. The Morgan fingerprint density at radius 3 is 2.80 bits per heavy atom. The topological polar surface area (TPSA) is 50.7 Å². The number of hydrogen-bond acceptors (Lipinski definition) is 4. The van der Waals surface area contributed by atoms with Crippen LogP contribution in [0.2, 0.25) is 0 Å². The van der Waals surface area contributed by atoms with Gasteiger partial charge in [0.25, 0.3) is 5.91 Å². The van der Waals surface area contributed by atoms with Crippen molar-refractivity contribution in [1.82, 2.24) is 5.43 Å². The van der Waals surface area contributed by atoms with Gasteiger partial charge in [0.15, 0.2) is 0 Å². The second-order valence-electron chi connectivity index (χ2n) is 3.69. The van der Waals surface area contributed by atoms with E-state index in [1.54, 1.807) is 18.3 Å². The molecule has 1 heterocycles. The number of methoxy groups -OCH3 is 1. The van der Waals surface area contributed by atoms with Gasteiger partial charge in [-0.25, -0.2) is 5.43 Å². The fourth-order valence-corrected chi connectivity index (χ4v) is 3.13. The number of ether oxygens (including phenoxy) is 1. The van der Waals surface area contributed by atoms with E-state index in [0.717, 1.165) is 13.1 Å². The van der Waals surface area contributed by atoms with Gasteiger partial charge in [0.1, 0.15) is 5.75 Å². The molecule has 0 atom stereocenters. The van der Waals surface area contributed by atoms with Gasteiger partial charge in [-0.1, -0.05) is 15.9 Å². The molecule has 1 N–H and O–H groups in total. The zero-order valence-electron chi connectivity index (χ0n) is 10.4. The van der Waals surface area contributed by atoms with Crippen molar-refractivity contribution >= 4 is 55.3 Å². The van der Waals surface area contributed by atoms with Crippen molar-refractivity contribution in [1.29, 1.82) is 0 Å². The molecule has 0 saturated heterocycles. The highest BCUT2D eigenvalue weighted by atomic mass is 79.9. The van der Waals surface area contributed by atoms with Crippen LogP contribution < -0.4 is 10.2 Å². The van der Waals surface area contributed by atoms with Gasteiger partial charge in [-0.15, -0.1) is 11.3 Å². The monoisotopic (exact) mass is 416 g/mol. The molecule has 0 saturated carbocycles. The third-order valence-corrected chi connectivity index (χ3v) is 4.41. The summed E-state index contributed by atoms with van der Waals surface area (Å²) in [6, 6.07) is 9.04. The van der Waals surface area contributed by atoms with Crippen molar-refractivity contribution in [2.24, 2.45) is 5.10 Å². The van der Waals surface area contributed by atoms with Crippen LogP contribution in [0.25, 0.3) is 0 Å². The first-order chi connectivity index (χ1) is 9.60. The SMILES string of the molecule is COc1ccc(Br)cc1C(=O)N/N=C\c1ccc(Br)s1. The highest BCUT2D eigenvalue weighted by Gasteiger charge is 2.11. The number of halogens is 2. The van der Waals surface area contributed by atoms with Crippen LogP contribution in [-0.4, -0.2) is 19.2 Å². The van der Waals surface area contributed by atoms with E-state index in [2.05, 4.69) is 42.4 Å². The minimum Gasteiger partial charge on any atom is -0.496 e. The summed E-state index contributed by atoms with van der Waals surface area (Å²) in [5.74, 6) is 0.176. The first-order valence-corrected chi connectivity index (χ1v) is 7.92. The van der Waals surface area contributed by atoms with Gasteiger partial charge in [0.2, 0.25) is 0 Å². The summed E-state index contributed by atoms with van der Waals surface area (Å²) < 4.78 is 6.97. The van der Waals surface area contributed by atoms with Crippen LogP contribution in [-0.2, 0) is 0 Å². The summed E-state index contributed by atoms with van der Waals surface area (Å²) >= 11 is 8.22. The number of rotatable bonds is 4. The zero-order chi connectivity index (χ0) is 14.5. The number of carbonyl (C=O) groups excluding carboxylic acids is 1. The Bertz CT molecular complexity index is 656. The maximum atomic E-state index is 12.0. The van der Waals surface area contributed by atoms with Crippen molar-refractivity contribution < 1.29 is 9.53 Å². The summed E-state index contributed by atoms with van der Waals surface area (Å²) in [5, 5.41) is 3.93. The van der Waals surface area contributed by atoms with Crippen LogP contribution in [0.1, 0.15) is 15.2 Å². The molecule has 1 amide bonds. The lowest BCUT2D eigenvalue weighted by atomic mass is 10.2. The van der Waals surface area contributed by atoms with Crippen molar-refractivity contribution in [2.75, 3.05) is 7.11 Å². The van der Waals surface area contributed by atoms with Gasteiger partial charge < -0.3 is 4.74 Å². The Morgan fingerprint density at radius 1 is 1.35 bits per heavy atom. The molecule has 0 fully saturated rings. The van der Waals surface area contributed by atoms with E-state index in [1.165, 1.54) is 18.4 Å². The molecule has 20 heavy (non-hydrogen) atoms. The summed E-state index contributed by atoms with van der Waals surface area (Å²) in [7, 11) is 1.52. The van der Waals surface area contributed by atoms with E-state index in [-0.39, 0.29) is 5.91 Å². The van der Waals surface area contributed by atoms with Crippen LogP contribution in [0, 0.1) is 0 Å². The molecule has 104 valence electrons. The van der Waals surface area contributed by atoms with Crippen LogP contribution in [0.3, 0.4) is 0 Å². The maximum Gasteiger partial charge on any atom is 0.275 e. The number of carbonyl (C=O) groups is 1. The molecule has 0 aliphatic carbocycles. The molecule has 0 aliphatic rings. The highest BCUT2D eigenvalue weighted by Crippen LogP contribution is 2.23. The fourth-order valence-electron chi connectivity index (χ4n) is 1.47. The molecule has 2 rings (SSSR count). The molecular formula is C13H10Br2N2O2S. The van der Waals surface area contributed by atoms with E-state index >= 15 is 0 Å². The third-order valence-electron chi connectivity index (χ3n) is 2.36. The maximum absolute atomic E-state index is 12.0. The molecule has 0 aliphatic heterocycles. The van der Waals surface area contributed by atoms with Crippen LogP contribution in [0.15, 0.2) is 43.7 Å². The predicted molar refractivity (Wildman–Crippen MR) is 87.8 cm³/mol. The van der Waals surface area contributed by atoms with Crippen molar-refractivity contribution in [3.05, 3.63) is 49.0 Å².